The average Bonchev–Trinajstić information content (AvgIpc) is 3.54. The fourth-order valence-corrected chi connectivity index (χ4v) is 14.2. The summed E-state index contributed by atoms with van der Waals surface area (Å²) in [4.78, 5) is 22.4. The van der Waals surface area contributed by atoms with Crippen LogP contribution in [0.1, 0.15) is 317 Å². The zero-order valence-electron chi connectivity index (χ0n) is 56.8. The molecule has 0 aliphatic carbocycles. The van der Waals surface area contributed by atoms with Crippen molar-refractivity contribution in [1.82, 2.24) is 19.6 Å². The van der Waals surface area contributed by atoms with Gasteiger partial charge >= 0.3 is 5.97 Å². The van der Waals surface area contributed by atoms with Crippen LogP contribution in [-0.4, -0.2) is 167 Å². The summed E-state index contributed by atoms with van der Waals surface area (Å²) in [5.41, 5.74) is 0. The van der Waals surface area contributed by atoms with Gasteiger partial charge in [-0.05, 0) is 122 Å². The fraction of sp³-hybridized carbons (Fsp3) is 0.932. The maximum atomic E-state index is 12.8. The van der Waals surface area contributed by atoms with Gasteiger partial charge in [0.1, 0.15) is 6.61 Å². The molecule has 0 spiro atoms. The number of hydrogen-bond donors (Lipinski definition) is 4. The number of esters is 1. The van der Waals surface area contributed by atoms with Gasteiger partial charge in [0.15, 0.2) is 0 Å². The number of hydrogen-bond acceptors (Lipinski definition) is 12. The Labute approximate surface area is 536 Å². The van der Waals surface area contributed by atoms with E-state index in [0.717, 1.165) is 122 Å². The molecule has 1 fully saturated rings. The molecule has 4 unspecified atom stereocenters. The summed E-state index contributed by atoms with van der Waals surface area (Å²) < 4.78 is 5.71. The summed E-state index contributed by atoms with van der Waals surface area (Å²) in [6.45, 7) is 19.6. The fourth-order valence-electron chi connectivity index (χ4n) is 11.9. The molecule has 1 saturated heterocycles. The maximum absolute atomic E-state index is 12.8. The molecule has 0 radical (unpaired) electrons. The number of carbonyl (C=O) groups is 1. The molecule has 0 aromatic heterocycles. The minimum Gasteiger partial charge on any atom is -0.464 e. The van der Waals surface area contributed by atoms with Crippen LogP contribution in [0.4, 0.5) is 0 Å². The third kappa shape index (κ3) is 58.2. The number of rotatable bonds is 67. The van der Waals surface area contributed by atoms with E-state index in [4.69, 9.17) is 4.74 Å². The molecule has 4 atom stereocenters. The molecule has 0 aromatic rings. The van der Waals surface area contributed by atoms with Crippen molar-refractivity contribution in [2.24, 2.45) is 0 Å². The Kier molecular flexibility index (Phi) is 62.8. The molecule has 10 nitrogen and oxygen atoms in total. The van der Waals surface area contributed by atoms with Gasteiger partial charge in [-0.3, -0.25) is 19.5 Å². The first-order valence-electron chi connectivity index (χ1n) is 37.0. The number of unbranched alkanes of at least 4 members (excludes halogenated alkanes) is 31. The Morgan fingerprint density at radius 2 is 0.694 bits per heavy atom. The molecule has 4 N–H and O–H groups in total. The third-order valence-electron chi connectivity index (χ3n) is 17.5. The molecule has 0 saturated carbocycles. The second-order valence-corrected chi connectivity index (χ2v) is 28.7. The van der Waals surface area contributed by atoms with E-state index in [-0.39, 0.29) is 18.2 Å². The highest BCUT2D eigenvalue weighted by atomic mass is 33.1. The van der Waals surface area contributed by atoms with Crippen molar-refractivity contribution >= 4 is 27.6 Å². The number of carbonyl (C=O) groups excluding carboxylic acids is 1. The Hall–Kier alpha value is -0.670. The second-order valence-electron chi connectivity index (χ2n) is 26.0. The van der Waals surface area contributed by atoms with Crippen LogP contribution in [0.15, 0.2) is 24.3 Å². The number of aliphatic hydroxyl groups is 4. The van der Waals surface area contributed by atoms with Crippen LogP contribution in [0.3, 0.4) is 0 Å². The van der Waals surface area contributed by atoms with Gasteiger partial charge in [0.25, 0.3) is 0 Å². The number of aliphatic hydroxyl groups excluding tert-OH is 4. The van der Waals surface area contributed by atoms with E-state index in [1.807, 2.05) is 21.6 Å². The van der Waals surface area contributed by atoms with Crippen LogP contribution in [-0.2, 0) is 9.53 Å². The maximum Gasteiger partial charge on any atom is 0.305 e. The highest BCUT2D eigenvalue weighted by Crippen LogP contribution is 2.24. The molecule has 0 aromatic carbocycles. The smallest absolute Gasteiger partial charge is 0.305 e. The lowest BCUT2D eigenvalue weighted by Gasteiger charge is -2.34. The first kappa shape index (κ1) is 82.3. The van der Waals surface area contributed by atoms with Crippen molar-refractivity contribution in [3.63, 3.8) is 0 Å². The van der Waals surface area contributed by atoms with Gasteiger partial charge in [-0.15, -0.1) is 0 Å². The summed E-state index contributed by atoms with van der Waals surface area (Å²) >= 11 is 0. The minimum absolute atomic E-state index is 0.144. The monoisotopic (exact) mass is 1240 g/mol. The Bertz CT molecular complexity index is 1350. The van der Waals surface area contributed by atoms with Gasteiger partial charge < -0.3 is 30.1 Å². The summed E-state index contributed by atoms with van der Waals surface area (Å²) in [6.07, 6.45) is 61.1. The summed E-state index contributed by atoms with van der Waals surface area (Å²) in [5, 5.41) is 44.2. The Morgan fingerprint density at radius 3 is 1.06 bits per heavy atom. The molecule has 85 heavy (non-hydrogen) atoms. The van der Waals surface area contributed by atoms with Crippen LogP contribution >= 0.6 is 21.6 Å². The lowest BCUT2D eigenvalue weighted by Crippen LogP contribution is -2.47. The molecule has 1 aliphatic heterocycles. The third-order valence-corrected chi connectivity index (χ3v) is 20.1. The van der Waals surface area contributed by atoms with Crippen molar-refractivity contribution < 1.29 is 30.0 Å². The van der Waals surface area contributed by atoms with Crippen LogP contribution in [0.2, 0.25) is 0 Å². The van der Waals surface area contributed by atoms with E-state index in [1.54, 1.807) is 0 Å². The minimum atomic E-state index is -0.402. The lowest BCUT2D eigenvalue weighted by molar-refractivity contribution is -0.144. The topological polar surface area (TPSA) is 120 Å². The van der Waals surface area contributed by atoms with Gasteiger partial charge in [0.05, 0.1) is 24.4 Å². The van der Waals surface area contributed by atoms with E-state index in [9.17, 15) is 25.2 Å². The molecule has 12 heteroatoms. The first-order valence-corrected chi connectivity index (χ1v) is 39.5. The van der Waals surface area contributed by atoms with Crippen molar-refractivity contribution in [3.05, 3.63) is 24.3 Å². The van der Waals surface area contributed by atoms with Crippen molar-refractivity contribution in [1.29, 1.82) is 0 Å². The molecule has 0 bridgehead atoms. The zero-order valence-corrected chi connectivity index (χ0v) is 58.4. The highest BCUT2D eigenvalue weighted by molar-refractivity contribution is 8.76. The summed E-state index contributed by atoms with van der Waals surface area (Å²) in [7, 11) is 4.01. The predicted molar refractivity (Wildman–Crippen MR) is 374 cm³/mol. The van der Waals surface area contributed by atoms with Crippen molar-refractivity contribution in [2.45, 2.75) is 341 Å². The van der Waals surface area contributed by atoms with Crippen molar-refractivity contribution in [3.8, 4) is 0 Å². The molecule has 0 amide bonds. The molecular weight excluding hydrogens is 1090 g/mol. The lowest BCUT2D eigenvalue weighted by atomic mass is 10.1. The van der Waals surface area contributed by atoms with E-state index in [1.165, 1.54) is 212 Å². The zero-order chi connectivity index (χ0) is 61.6. The van der Waals surface area contributed by atoms with Gasteiger partial charge in [0.2, 0.25) is 0 Å². The van der Waals surface area contributed by atoms with Gasteiger partial charge in [-0.2, -0.15) is 0 Å². The Balaban J connectivity index is 2.35. The average molecular weight is 1240 g/mol. The predicted octanol–water partition coefficient (Wildman–Crippen LogP) is 18.3. The molecule has 504 valence electrons. The molecule has 1 rings (SSSR count). The number of ether oxygens (including phenoxy) is 1. The summed E-state index contributed by atoms with van der Waals surface area (Å²) in [6, 6.07) is 0. The molecule has 1 heterocycles. The highest BCUT2D eigenvalue weighted by Gasteiger charge is 2.20. The van der Waals surface area contributed by atoms with Crippen LogP contribution in [0, 0.1) is 0 Å². The van der Waals surface area contributed by atoms with Gasteiger partial charge in [-0.25, -0.2) is 0 Å². The quantitative estimate of drug-likeness (QED) is 0.0201. The summed E-state index contributed by atoms with van der Waals surface area (Å²) in [5.74, 6) is 2.16. The standard InChI is InChI=1S/C73H144N4O6S2/c1-5-9-13-17-21-23-25-27-29-31-33-35-39-43-51-69(78)65-76(66-70(79)52-44-40-36-34-32-30-28-26-24-22-18-14-10-6-2)54-45-46-63-84-85-64-48-56-74-57-59-75(60-58-74)61-62-83-73(82)53-47-55-77(67-71(80)49-41-37-19-15-11-7-3)68-72(81)50-42-38-20-16-12-8-4/h27-30,69-72,78-81H,5-26,31-68H2,1-4H3/b29-27-,30-28-. The van der Waals surface area contributed by atoms with Gasteiger partial charge in [0, 0.05) is 76.8 Å². The van der Waals surface area contributed by atoms with Crippen LogP contribution in [0.5, 0.6) is 0 Å². The van der Waals surface area contributed by atoms with Crippen molar-refractivity contribution in [2.75, 3.05) is 96.6 Å². The van der Waals surface area contributed by atoms with E-state index >= 15 is 0 Å². The Morgan fingerprint density at radius 1 is 0.388 bits per heavy atom. The molecular formula is C73H144N4O6S2. The largest absolute Gasteiger partial charge is 0.464 e. The van der Waals surface area contributed by atoms with Crippen LogP contribution < -0.4 is 0 Å². The molecule has 1 aliphatic rings. The number of nitrogens with zero attached hydrogens (tertiary/aromatic N) is 4. The van der Waals surface area contributed by atoms with E-state index in [0.29, 0.717) is 52.2 Å². The second kappa shape index (κ2) is 64.8. The SMILES string of the molecule is CCCCCCCC/C=C\CCCCCCC(O)CN(CCCCSSCCCN1CCN(CCOC(=O)CCCN(CC(O)CCCCCCCC)CC(O)CCCCCCCC)CC1)CC(O)CCCCCC/C=C\CCCCCCCC. The van der Waals surface area contributed by atoms with Gasteiger partial charge in [-0.1, -0.05) is 253 Å². The van der Waals surface area contributed by atoms with Crippen LogP contribution in [0.25, 0.3) is 0 Å². The first-order chi connectivity index (χ1) is 41.7. The normalized spacial score (nSPS) is 15.1. The van der Waals surface area contributed by atoms with E-state index < -0.39 is 12.2 Å². The van der Waals surface area contributed by atoms with E-state index in [2.05, 4.69) is 71.6 Å². The number of allylic oxidation sites excluding steroid dienone is 4. The number of piperazine rings is 1.